The Morgan fingerprint density at radius 1 is 1.38 bits per heavy atom. The molecule has 0 spiro atoms. The van der Waals surface area contributed by atoms with Gasteiger partial charge >= 0.3 is 0 Å². The topological polar surface area (TPSA) is 59.0 Å². The lowest BCUT2D eigenvalue weighted by Crippen LogP contribution is -2.31. The highest BCUT2D eigenvalue weighted by Crippen LogP contribution is 2.14. The zero-order chi connectivity index (χ0) is 15.2. The third-order valence-corrected chi connectivity index (χ3v) is 3.27. The number of para-hydroxylation sites is 1. The Labute approximate surface area is 125 Å². The van der Waals surface area contributed by atoms with Crippen LogP contribution < -0.4 is 10.6 Å². The molecule has 112 valence electrons. The van der Waals surface area contributed by atoms with Gasteiger partial charge in [-0.1, -0.05) is 25.1 Å². The first-order chi connectivity index (χ1) is 10.1. The van der Waals surface area contributed by atoms with E-state index in [1.54, 1.807) is 6.20 Å². The second-order valence-electron chi connectivity index (χ2n) is 5.16. The number of carbonyl (C=O) groups excluding carboxylic acids is 1. The Morgan fingerprint density at radius 3 is 2.86 bits per heavy atom. The molecule has 1 heterocycles. The molecular weight excluding hydrogens is 264 g/mol. The Kier molecular flexibility index (Phi) is 4.98. The lowest BCUT2D eigenvalue weighted by atomic mass is 10.2. The van der Waals surface area contributed by atoms with Crippen LogP contribution in [-0.2, 0) is 11.3 Å². The highest BCUT2D eigenvalue weighted by Gasteiger charge is 2.14. The highest BCUT2D eigenvalue weighted by molar-refractivity contribution is 5.96. The summed E-state index contributed by atoms with van der Waals surface area (Å²) in [5, 5.41) is 10.3. The number of benzene rings is 1. The molecule has 0 aliphatic heterocycles. The first-order valence-corrected chi connectivity index (χ1v) is 7.25. The summed E-state index contributed by atoms with van der Waals surface area (Å²) in [5.74, 6) is -0.0625. The molecule has 5 heteroatoms. The Hall–Kier alpha value is -2.30. The predicted octanol–water partition coefficient (Wildman–Crippen LogP) is 3.04. The molecule has 0 aliphatic rings. The van der Waals surface area contributed by atoms with Crippen LogP contribution in [0.4, 0.5) is 11.4 Å². The van der Waals surface area contributed by atoms with Crippen molar-refractivity contribution >= 4 is 17.3 Å². The van der Waals surface area contributed by atoms with Crippen molar-refractivity contribution in [3.8, 4) is 0 Å². The zero-order valence-corrected chi connectivity index (χ0v) is 12.8. The quantitative estimate of drug-likeness (QED) is 0.858. The first-order valence-electron chi connectivity index (χ1n) is 7.25. The van der Waals surface area contributed by atoms with E-state index < -0.39 is 0 Å². The first kappa shape index (κ1) is 15.1. The van der Waals surface area contributed by atoms with Gasteiger partial charge < -0.3 is 10.6 Å². The van der Waals surface area contributed by atoms with Gasteiger partial charge in [-0.05, 0) is 31.9 Å². The van der Waals surface area contributed by atoms with Crippen LogP contribution in [0.2, 0.25) is 0 Å². The van der Waals surface area contributed by atoms with Gasteiger partial charge in [-0.25, -0.2) is 0 Å². The molecular formula is C16H22N4O. The van der Waals surface area contributed by atoms with Gasteiger partial charge in [0, 0.05) is 18.4 Å². The third kappa shape index (κ3) is 4.08. The number of aromatic nitrogens is 2. The number of carbonyl (C=O) groups is 1. The standard InChI is InChI=1S/C16H22N4O/c1-4-9-20-11-14(10-17-20)18-13(3)16(21)19-15-8-6-5-7-12(15)2/h5-8,10-11,13,18H,4,9H2,1-3H3,(H,19,21)/t13-/m0/s1. The highest BCUT2D eigenvalue weighted by atomic mass is 16.2. The van der Waals surface area contributed by atoms with Gasteiger partial charge in [0.25, 0.3) is 0 Å². The van der Waals surface area contributed by atoms with Crippen molar-refractivity contribution in [3.05, 3.63) is 42.2 Å². The van der Waals surface area contributed by atoms with E-state index in [1.807, 2.05) is 49.0 Å². The van der Waals surface area contributed by atoms with Crippen LogP contribution in [0.1, 0.15) is 25.8 Å². The molecule has 0 saturated carbocycles. The zero-order valence-electron chi connectivity index (χ0n) is 12.8. The Morgan fingerprint density at radius 2 is 2.14 bits per heavy atom. The number of nitrogens with one attached hydrogen (secondary N) is 2. The lowest BCUT2D eigenvalue weighted by Gasteiger charge is -2.15. The Bertz CT molecular complexity index is 606. The van der Waals surface area contributed by atoms with Gasteiger partial charge in [-0.2, -0.15) is 5.10 Å². The van der Waals surface area contributed by atoms with Crippen LogP contribution in [-0.4, -0.2) is 21.7 Å². The minimum Gasteiger partial charge on any atom is -0.371 e. The summed E-state index contributed by atoms with van der Waals surface area (Å²) in [5.41, 5.74) is 2.75. The second kappa shape index (κ2) is 6.92. The minimum atomic E-state index is -0.330. The van der Waals surface area contributed by atoms with Crippen LogP contribution >= 0.6 is 0 Å². The maximum absolute atomic E-state index is 12.2. The fourth-order valence-electron chi connectivity index (χ4n) is 2.06. The maximum atomic E-state index is 12.2. The molecule has 0 saturated heterocycles. The number of rotatable bonds is 6. The van der Waals surface area contributed by atoms with E-state index in [1.165, 1.54) is 0 Å². The van der Waals surface area contributed by atoms with Crippen LogP contribution in [0.15, 0.2) is 36.7 Å². The molecule has 1 aromatic heterocycles. The number of hydrogen-bond donors (Lipinski definition) is 2. The van der Waals surface area contributed by atoms with Crippen molar-refractivity contribution in [2.24, 2.45) is 0 Å². The van der Waals surface area contributed by atoms with Gasteiger partial charge in [-0.15, -0.1) is 0 Å². The maximum Gasteiger partial charge on any atom is 0.246 e. The third-order valence-electron chi connectivity index (χ3n) is 3.27. The van der Waals surface area contributed by atoms with E-state index in [9.17, 15) is 4.79 Å². The lowest BCUT2D eigenvalue weighted by molar-refractivity contribution is -0.116. The van der Waals surface area contributed by atoms with Crippen LogP contribution in [0.5, 0.6) is 0 Å². The fraction of sp³-hybridized carbons (Fsp3) is 0.375. The average molecular weight is 286 g/mol. The molecule has 0 fully saturated rings. The van der Waals surface area contributed by atoms with Crippen LogP contribution in [0.25, 0.3) is 0 Å². The Balaban J connectivity index is 1.94. The van der Waals surface area contributed by atoms with Crippen LogP contribution in [0.3, 0.4) is 0 Å². The number of hydrogen-bond acceptors (Lipinski definition) is 3. The van der Waals surface area contributed by atoms with Gasteiger partial charge in [-0.3, -0.25) is 9.48 Å². The number of aryl methyl sites for hydroxylation is 2. The van der Waals surface area contributed by atoms with Crippen molar-refractivity contribution in [3.63, 3.8) is 0 Å². The van der Waals surface area contributed by atoms with Crippen molar-refractivity contribution < 1.29 is 4.79 Å². The van der Waals surface area contributed by atoms with Crippen molar-refractivity contribution in [1.82, 2.24) is 9.78 Å². The van der Waals surface area contributed by atoms with E-state index in [-0.39, 0.29) is 11.9 Å². The number of anilines is 2. The summed E-state index contributed by atoms with van der Waals surface area (Å²) in [7, 11) is 0. The van der Waals surface area contributed by atoms with E-state index >= 15 is 0 Å². The molecule has 0 unspecified atom stereocenters. The van der Waals surface area contributed by atoms with Crippen LogP contribution in [0, 0.1) is 6.92 Å². The summed E-state index contributed by atoms with van der Waals surface area (Å²) < 4.78 is 1.87. The minimum absolute atomic E-state index is 0.0625. The molecule has 1 aromatic carbocycles. The van der Waals surface area contributed by atoms with E-state index in [4.69, 9.17) is 0 Å². The molecule has 2 aromatic rings. The largest absolute Gasteiger partial charge is 0.371 e. The summed E-state index contributed by atoms with van der Waals surface area (Å²) in [4.78, 5) is 12.2. The van der Waals surface area contributed by atoms with Crippen molar-refractivity contribution in [2.75, 3.05) is 10.6 Å². The molecule has 0 aliphatic carbocycles. The molecule has 5 nitrogen and oxygen atoms in total. The summed E-state index contributed by atoms with van der Waals surface area (Å²) in [6.07, 6.45) is 4.69. The average Bonchev–Trinajstić information content (AvgIpc) is 2.89. The summed E-state index contributed by atoms with van der Waals surface area (Å²) in [6.45, 7) is 6.80. The predicted molar refractivity (Wildman–Crippen MR) is 85.4 cm³/mol. The number of amides is 1. The number of nitrogens with zero attached hydrogens (tertiary/aromatic N) is 2. The van der Waals surface area contributed by atoms with Crippen molar-refractivity contribution in [2.45, 2.75) is 39.8 Å². The van der Waals surface area contributed by atoms with E-state index in [0.29, 0.717) is 0 Å². The molecule has 2 rings (SSSR count). The molecule has 1 amide bonds. The normalized spacial score (nSPS) is 12.0. The van der Waals surface area contributed by atoms with Gasteiger partial charge in [0.2, 0.25) is 5.91 Å². The SMILES string of the molecule is CCCn1cc(N[C@@H](C)C(=O)Nc2ccccc2C)cn1. The molecule has 0 radical (unpaired) electrons. The smallest absolute Gasteiger partial charge is 0.246 e. The van der Waals surface area contributed by atoms with Gasteiger partial charge in [0.15, 0.2) is 0 Å². The monoisotopic (exact) mass is 286 g/mol. The summed E-state index contributed by atoms with van der Waals surface area (Å²) in [6, 6.07) is 7.41. The molecule has 0 bridgehead atoms. The molecule has 21 heavy (non-hydrogen) atoms. The molecule has 1 atom stereocenters. The fourth-order valence-corrected chi connectivity index (χ4v) is 2.06. The molecule has 2 N–H and O–H groups in total. The van der Waals surface area contributed by atoms with E-state index in [2.05, 4.69) is 22.7 Å². The second-order valence-corrected chi connectivity index (χ2v) is 5.16. The van der Waals surface area contributed by atoms with Crippen molar-refractivity contribution in [1.29, 1.82) is 0 Å². The van der Waals surface area contributed by atoms with Gasteiger partial charge in [0.05, 0.1) is 11.9 Å². The van der Waals surface area contributed by atoms with Gasteiger partial charge in [0.1, 0.15) is 6.04 Å². The summed E-state index contributed by atoms with van der Waals surface area (Å²) >= 11 is 0. The van der Waals surface area contributed by atoms with E-state index in [0.717, 1.165) is 29.9 Å².